The fraction of sp³-hybridized carbons (Fsp3) is 0.286. The third-order valence-corrected chi connectivity index (χ3v) is 5.48. The molecule has 3 nitrogen and oxygen atoms in total. The van der Waals surface area contributed by atoms with Gasteiger partial charge < -0.3 is 15.3 Å². The number of nitrogens with zero attached hydrogens (tertiary/aromatic N) is 1. The Balaban J connectivity index is 1.71. The lowest BCUT2D eigenvalue weighted by Crippen LogP contribution is -2.34. The van der Waals surface area contributed by atoms with Crippen LogP contribution in [0.2, 0.25) is 0 Å². The molecule has 2 aromatic carbocycles. The molecular formula is C21H22N2OS2. The summed E-state index contributed by atoms with van der Waals surface area (Å²) >= 11 is 7.52. The van der Waals surface area contributed by atoms with E-state index in [-0.39, 0.29) is 5.37 Å². The van der Waals surface area contributed by atoms with Crippen LogP contribution in [0.5, 0.6) is 0 Å². The Labute approximate surface area is 164 Å². The maximum atomic E-state index is 9.72. The normalized spacial score (nSPS) is 16.7. The number of aliphatic hydroxyl groups is 1. The molecule has 2 aromatic rings. The zero-order valence-electron chi connectivity index (χ0n) is 14.9. The zero-order chi connectivity index (χ0) is 18.6. The molecule has 0 bridgehead atoms. The van der Waals surface area contributed by atoms with Gasteiger partial charge in [-0.05, 0) is 55.9 Å². The Morgan fingerprint density at radius 1 is 1.19 bits per heavy atom. The van der Waals surface area contributed by atoms with Crippen molar-refractivity contribution in [3.05, 3.63) is 65.7 Å². The van der Waals surface area contributed by atoms with Gasteiger partial charge >= 0.3 is 0 Å². The number of thiocarbonyl (C=S) groups is 1. The van der Waals surface area contributed by atoms with E-state index in [0.717, 1.165) is 28.7 Å². The second-order valence-corrected chi connectivity index (χ2v) is 8.22. The van der Waals surface area contributed by atoms with Gasteiger partial charge in [-0.1, -0.05) is 42.2 Å². The van der Waals surface area contributed by atoms with Gasteiger partial charge in [0.15, 0.2) is 5.11 Å². The number of para-hydroxylation sites is 1. The summed E-state index contributed by atoms with van der Waals surface area (Å²) in [7, 11) is 0. The lowest BCUT2D eigenvalue weighted by atomic mass is 10.1. The molecule has 0 radical (unpaired) electrons. The van der Waals surface area contributed by atoms with E-state index in [4.69, 9.17) is 12.2 Å². The molecule has 0 amide bonds. The van der Waals surface area contributed by atoms with Gasteiger partial charge in [0, 0.05) is 23.5 Å². The van der Waals surface area contributed by atoms with Gasteiger partial charge in [-0.2, -0.15) is 0 Å². The number of nitrogens with one attached hydrogen (secondary N) is 1. The number of benzene rings is 2. The number of thioether (sulfide) groups is 1. The molecule has 5 heteroatoms. The van der Waals surface area contributed by atoms with Crippen LogP contribution in [0.3, 0.4) is 0 Å². The Morgan fingerprint density at radius 3 is 2.54 bits per heavy atom. The average molecular weight is 383 g/mol. The highest BCUT2D eigenvalue weighted by Crippen LogP contribution is 2.38. The molecule has 26 heavy (non-hydrogen) atoms. The van der Waals surface area contributed by atoms with Crippen LogP contribution in [0, 0.1) is 11.8 Å². The summed E-state index contributed by atoms with van der Waals surface area (Å²) in [6.45, 7) is 4.29. The highest BCUT2D eigenvalue weighted by molar-refractivity contribution is 7.99. The third-order valence-electron chi connectivity index (χ3n) is 3.89. The number of rotatable bonds is 2. The molecule has 1 heterocycles. The monoisotopic (exact) mass is 382 g/mol. The lowest BCUT2D eigenvalue weighted by Gasteiger charge is -2.27. The second kappa shape index (κ2) is 8.13. The predicted molar refractivity (Wildman–Crippen MR) is 114 cm³/mol. The molecule has 1 aliphatic rings. The first kappa shape index (κ1) is 18.8. The highest BCUT2D eigenvalue weighted by atomic mass is 32.2. The number of hydrogen-bond acceptors (Lipinski definition) is 3. The van der Waals surface area contributed by atoms with Crippen molar-refractivity contribution in [1.82, 2.24) is 4.90 Å². The molecule has 134 valence electrons. The molecule has 1 atom stereocenters. The van der Waals surface area contributed by atoms with E-state index >= 15 is 0 Å². The zero-order valence-corrected chi connectivity index (χ0v) is 16.5. The predicted octanol–water partition coefficient (Wildman–Crippen LogP) is 4.25. The van der Waals surface area contributed by atoms with Crippen LogP contribution in [-0.2, 0) is 0 Å². The van der Waals surface area contributed by atoms with Crippen LogP contribution in [0.25, 0.3) is 0 Å². The summed E-state index contributed by atoms with van der Waals surface area (Å²) in [5.74, 6) is 6.89. The van der Waals surface area contributed by atoms with Gasteiger partial charge in [-0.3, -0.25) is 0 Å². The number of hydrogen-bond donors (Lipinski definition) is 2. The van der Waals surface area contributed by atoms with Gasteiger partial charge in [-0.25, -0.2) is 0 Å². The molecule has 0 unspecified atom stereocenters. The lowest BCUT2D eigenvalue weighted by molar-refractivity contribution is 0.143. The van der Waals surface area contributed by atoms with Gasteiger partial charge in [0.2, 0.25) is 0 Å². The van der Waals surface area contributed by atoms with Crippen LogP contribution in [0.4, 0.5) is 5.69 Å². The van der Waals surface area contributed by atoms with Crippen LogP contribution in [0.15, 0.2) is 54.6 Å². The van der Waals surface area contributed by atoms with Gasteiger partial charge in [0.1, 0.15) is 11.0 Å². The minimum Gasteiger partial charge on any atom is -0.378 e. The van der Waals surface area contributed by atoms with Gasteiger partial charge in [0.05, 0.1) is 0 Å². The van der Waals surface area contributed by atoms with E-state index in [1.807, 2.05) is 54.2 Å². The summed E-state index contributed by atoms with van der Waals surface area (Å²) < 4.78 is 0. The summed E-state index contributed by atoms with van der Waals surface area (Å²) in [4.78, 5) is 2.23. The first-order chi connectivity index (χ1) is 12.4. The van der Waals surface area contributed by atoms with Gasteiger partial charge in [-0.15, -0.1) is 11.8 Å². The maximum Gasteiger partial charge on any atom is 0.174 e. The van der Waals surface area contributed by atoms with E-state index in [0.29, 0.717) is 0 Å². The van der Waals surface area contributed by atoms with Crippen LogP contribution < -0.4 is 5.32 Å². The van der Waals surface area contributed by atoms with Crippen molar-refractivity contribution in [2.75, 3.05) is 17.6 Å². The Morgan fingerprint density at radius 2 is 1.88 bits per heavy atom. The molecule has 0 aliphatic carbocycles. The van der Waals surface area contributed by atoms with Gasteiger partial charge in [0.25, 0.3) is 0 Å². The van der Waals surface area contributed by atoms with Crippen molar-refractivity contribution < 1.29 is 5.11 Å². The van der Waals surface area contributed by atoms with Crippen molar-refractivity contribution in [3.8, 4) is 11.8 Å². The molecule has 0 aromatic heterocycles. The summed E-state index contributed by atoms with van der Waals surface area (Å²) in [5, 5.41) is 14.0. The fourth-order valence-corrected chi connectivity index (χ4v) is 4.27. The van der Waals surface area contributed by atoms with Crippen LogP contribution in [-0.4, -0.2) is 33.0 Å². The molecule has 2 N–H and O–H groups in total. The van der Waals surface area contributed by atoms with E-state index in [1.54, 1.807) is 13.8 Å². The van der Waals surface area contributed by atoms with Crippen molar-refractivity contribution in [2.45, 2.75) is 24.8 Å². The Bertz CT molecular complexity index is 817. The minimum absolute atomic E-state index is 0.204. The molecule has 0 spiro atoms. The van der Waals surface area contributed by atoms with E-state index < -0.39 is 5.60 Å². The van der Waals surface area contributed by atoms with Crippen molar-refractivity contribution >= 4 is 34.8 Å². The van der Waals surface area contributed by atoms with E-state index in [2.05, 4.69) is 34.2 Å². The SMILES string of the molecule is CC(C)(O)C#Cc1ccc([C@@H]2SCCN2C(=S)Nc2ccccc2)cc1. The van der Waals surface area contributed by atoms with Crippen molar-refractivity contribution in [2.24, 2.45) is 0 Å². The van der Waals surface area contributed by atoms with Crippen LogP contribution in [0.1, 0.15) is 30.3 Å². The summed E-state index contributed by atoms with van der Waals surface area (Å²) in [5.41, 5.74) is 2.13. The Hall–Kier alpha value is -2.00. The standard InChI is InChI=1S/C21H22N2OS2/c1-21(2,24)13-12-16-8-10-17(11-9-16)19-23(14-15-26-19)20(25)22-18-6-4-3-5-7-18/h3-11,19,24H,14-15H2,1-2H3,(H,22,25)/t19-/m0/s1. The summed E-state index contributed by atoms with van der Waals surface area (Å²) in [6.07, 6.45) is 0. The topological polar surface area (TPSA) is 35.5 Å². The minimum atomic E-state index is -0.980. The molecule has 3 rings (SSSR count). The quantitative estimate of drug-likeness (QED) is 0.600. The van der Waals surface area contributed by atoms with E-state index in [9.17, 15) is 5.11 Å². The number of anilines is 1. The third kappa shape index (κ3) is 5.01. The fourth-order valence-electron chi connectivity index (χ4n) is 2.63. The Kier molecular flexibility index (Phi) is 5.87. The van der Waals surface area contributed by atoms with Crippen molar-refractivity contribution in [1.29, 1.82) is 0 Å². The second-order valence-electron chi connectivity index (χ2n) is 6.64. The van der Waals surface area contributed by atoms with Crippen molar-refractivity contribution in [3.63, 3.8) is 0 Å². The highest BCUT2D eigenvalue weighted by Gasteiger charge is 2.28. The first-order valence-electron chi connectivity index (χ1n) is 8.52. The average Bonchev–Trinajstić information content (AvgIpc) is 3.10. The maximum absolute atomic E-state index is 9.72. The molecule has 1 aliphatic heterocycles. The largest absolute Gasteiger partial charge is 0.378 e. The molecular weight excluding hydrogens is 360 g/mol. The summed E-state index contributed by atoms with van der Waals surface area (Å²) in [6, 6.07) is 18.2. The molecule has 1 saturated heterocycles. The first-order valence-corrected chi connectivity index (χ1v) is 9.98. The molecule has 0 saturated carbocycles. The van der Waals surface area contributed by atoms with Crippen LogP contribution >= 0.6 is 24.0 Å². The van der Waals surface area contributed by atoms with E-state index in [1.165, 1.54) is 5.56 Å². The molecule has 1 fully saturated rings. The smallest absolute Gasteiger partial charge is 0.174 e.